The molecule has 0 radical (unpaired) electrons. The first-order chi connectivity index (χ1) is 16.9. The third-order valence-electron chi connectivity index (χ3n) is 5.95. The Bertz CT molecular complexity index is 1090. The maximum absolute atomic E-state index is 13.1. The van der Waals surface area contributed by atoms with E-state index in [9.17, 15) is 9.50 Å². The van der Waals surface area contributed by atoms with E-state index in [0.29, 0.717) is 38.6 Å². The molecule has 3 aromatic rings. The van der Waals surface area contributed by atoms with Crippen LogP contribution in [0.4, 0.5) is 4.39 Å². The van der Waals surface area contributed by atoms with Crippen molar-refractivity contribution in [1.29, 1.82) is 0 Å². The molecular weight excluding hydrogens is 449 g/mol. The quantitative estimate of drug-likeness (QED) is 0.443. The molecule has 1 aliphatic heterocycles. The zero-order chi connectivity index (χ0) is 24.7. The number of aromatic nitrogens is 2. The summed E-state index contributed by atoms with van der Waals surface area (Å²) >= 11 is 0. The molecule has 0 unspecified atom stereocenters. The van der Waals surface area contributed by atoms with Crippen LogP contribution in [0.3, 0.4) is 0 Å². The van der Waals surface area contributed by atoms with Crippen molar-refractivity contribution in [3.8, 4) is 11.5 Å². The van der Waals surface area contributed by atoms with Crippen molar-refractivity contribution in [2.45, 2.75) is 39.0 Å². The summed E-state index contributed by atoms with van der Waals surface area (Å²) in [7, 11) is 0. The minimum absolute atomic E-state index is 0.0630. The molecule has 0 saturated carbocycles. The fourth-order valence-corrected chi connectivity index (χ4v) is 4.26. The first-order valence-corrected chi connectivity index (χ1v) is 12.0. The molecule has 4 rings (SSSR count). The standard InChI is InChI=1S/C27H34FN3O4/c1-21-15-22(2)31(29-21)11-4-13-34-26-6-3-5-23(16-26)17-30-12-14-33-19-27(32,18-30)20-35-25-9-7-24(28)8-10-25/h3,5-10,15-16,32H,4,11-14,17-20H2,1-2H3/t27-/m0/s1. The zero-order valence-electron chi connectivity index (χ0n) is 20.5. The Kier molecular flexibility index (Phi) is 8.38. The van der Waals surface area contributed by atoms with Crippen molar-refractivity contribution in [3.63, 3.8) is 0 Å². The lowest BCUT2D eigenvalue weighted by molar-refractivity contribution is -0.0646. The Morgan fingerprint density at radius 2 is 1.91 bits per heavy atom. The molecule has 0 aliphatic carbocycles. The zero-order valence-corrected chi connectivity index (χ0v) is 20.5. The molecule has 0 amide bonds. The number of aryl methyl sites for hydroxylation is 3. The normalized spacial score (nSPS) is 18.9. The van der Waals surface area contributed by atoms with Gasteiger partial charge in [-0.15, -0.1) is 0 Å². The number of hydrogen-bond acceptors (Lipinski definition) is 6. The molecule has 2 heterocycles. The monoisotopic (exact) mass is 483 g/mol. The molecule has 8 heteroatoms. The van der Waals surface area contributed by atoms with Gasteiger partial charge in [0.15, 0.2) is 0 Å². The van der Waals surface area contributed by atoms with Crippen molar-refractivity contribution < 1.29 is 23.7 Å². The van der Waals surface area contributed by atoms with Gasteiger partial charge >= 0.3 is 0 Å². The van der Waals surface area contributed by atoms with E-state index in [0.717, 1.165) is 35.7 Å². The summed E-state index contributed by atoms with van der Waals surface area (Å²) in [6.07, 6.45) is 0.872. The van der Waals surface area contributed by atoms with Crippen LogP contribution in [0.2, 0.25) is 0 Å². The molecule has 7 nitrogen and oxygen atoms in total. The van der Waals surface area contributed by atoms with Gasteiger partial charge in [-0.2, -0.15) is 5.10 Å². The Labute approximate surface area is 206 Å². The highest BCUT2D eigenvalue weighted by Gasteiger charge is 2.33. The molecule has 188 valence electrons. The van der Waals surface area contributed by atoms with Crippen molar-refractivity contribution in [3.05, 3.63) is 77.4 Å². The number of nitrogens with zero attached hydrogens (tertiary/aromatic N) is 3. The van der Waals surface area contributed by atoms with Gasteiger partial charge in [0.05, 0.1) is 25.5 Å². The van der Waals surface area contributed by atoms with E-state index < -0.39 is 5.60 Å². The lowest BCUT2D eigenvalue weighted by Crippen LogP contribution is -2.48. The van der Waals surface area contributed by atoms with Crippen molar-refractivity contribution in [2.24, 2.45) is 0 Å². The van der Waals surface area contributed by atoms with Gasteiger partial charge in [0.25, 0.3) is 0 Å². The summed E-state index contributed by atoms with van der Waals surface area (Å²) in [6, 6.07) is 15.9. The molecular formula is C27H34FN3O4. The van der Waals surface area contributed by atoms with E-state index >= 15 is 0 Å². The second kappa shape index (κ2) is 11.7. The number of ether oxygens (including phenoxy) is 3. The Morgan fingerprint density at radius 3 is 2.69 bits per heavy atom. The van der Waals surface area contributed by atoms with Gasteiger partial charge in [-0.25, -0.2) is 4.39 Å². The van der Waals surface area contributed by atoms with Gasteiger partial charge in [-0.1, -0.05) is 12.1 Å². The average molecular weight is 484 g/mol. The second-order valence-corrected chi connectivity index (χ2v) is 9.23. The van der Waals surface area contributed by atoms with Gasteiger partial charge < -0.3 is 19.3 Å². The largest absolute Gasteiger partial charge is 0.494 e. The molecule has 1 saturated heterocycles. The average Bonchev–Trinajstić information content (AvgIpc) is 3.03. The molecule has 1 N–H and O–H groups in total. The van der Waals surface area contributed by atoms with Crippen LogP contribution in [0, 0.1) is 19.7 Å². The van der Waals surface area contributed by atoms with Crippen LogP contribution in [-0.2, 0) is 17.8 Å². The Morgan fingerprint density at radius 1 is 1.09 bits per heavy atom. The van der Waals surface area contributed by atoms with Crippen LogP contribution < -0.4 is 9.47 Å². The summed E-state index contributed by atoms with van der Waals surface area (Å²) in [5.74, 6) is 1.02. The van der Waals surface area contributed by atoms with Crippen LogP contribution in [0.1, 0.15) is 23.4 Å². The van der Waals surface area contributed by atoms with E-state index in [2.05, 4.69) is 29.1 Å². The number of β-amino-alcohol motifs (C(OH)–C–C–N with tert-alkyl or cyclic N) is 1. The first-order valence-electron chi connectivity index (χ1n) is 12.0. The lowest BCUT2D eigenvalue weighted by atomic mass is 10.1. The highest BCUT2D eigenvalue weighted by Crippen LogP contribution is 2.20. The summed E-state index contributed by atoms with van der Waals surface area (Å²) in [5.41, 5.74) is 2.13. The molecule has 0 spiro atoms. The highest BCUT2D eigenvalue weighted by molar-refractivity contribution is 5.28. The van der Waals surface area contributed by atoms with Crippen LogP contribution in [0.5, 0.6) is 11.5 Å². The third-order valence-corrected chi connectivity index (χ3v) is 5.95. The lowest BCUT2D eigenvalue weighted by Gasteiger charge is -2.30. The van der Waals surface area contributed by atoms with Gasteiger partial charge in [0.1, 0.15) is 29.5 Å². The van der Waals surface area contributed by atoms with Crippen LogP contribution >= 0.6 is 0 Å². The van der Waals surface area contributed by atoms with E-state index in [4.69, 9.17) is 14.2 Å². The number of hydrogen-bond donors (Lipinski definition) is 1. The van der Waals surface area contributed by atoms with Crippen LogP contribution in [0.25, 0.3) is 0 Å². The van der Waals surface area contributed by atoms with Gasteiger partial charge in [-0.05, 0) is 61.9 Å². The van der Waals surface area contributed by atoms with Crippen molar-refractivity contribution in [1.82, 2.24) is 14.7 Å². The molecule has 1 aliphatic rings. The molecule has 1 fully saturated rings. The predicted octanol–water partition coefficient (Wildman–Crippen LogP) is 3.75. The SMILES string of the molecule is Cc1cc(C)n(CCCOc2cccc(CN3CCOC[C@](O)(COc4ccc(F)cc4)C3)c2)n1. The molecule has 35 heavy (non-hydrogen) atoms. The van der Waals surface area contributed by atoms with Gasteiger partial charge in [0, 0.05) is 38.3 Å². The van der Waals surface area contributed by atoms with E-state index in [1.807, 2.05) is 29.8 Å². The molecule has 1 atom stereocenters. The Balaban J connectivity index is 1.28. The van der Waals surface area contributed by atoms with Crippen LogP contribution in [-0.4, -0.2) is 64.9 Å². The molecule has 0 bridgehead atoms. The van der Waals surface area contributed by atoms with Crippen molar-refractivity contribution >= 4 is 0 Å². The van der Waals surface area contributed by atoms with Gasteiger partial charge in [-0.3, -0.25) is 9.58 Å². The number of halogens is 1. The molecule has 1 aromatic heterocycles. The second-order valence-electron chi connectivity index (χ2n) is 9.23. The first kappa shape index (κ1) is 25.2. The summed E-state index contributed by atoms with van der Waals surface area (Å²) in [5, 5.41) is 15.6. The summed E-state index contributed by atoms with van der Waals surface area (Å²) < 4.78 is 32.5. The third kappa shape index (κ3) is 7.52. The van der Waals surface area contributed by atoms with E-state index in [1.165, 1.54) is 12.1 Å². The fraction of sp³-hybridized carbons (Fsp3) is 0.444. The smallest absolute Gasteiger partial charge is 0.134 e. The fourth-order valence-electron chi connectivity index (χ4n) is 4.26. The van der Waals surface area contributed by atoms with E-state index in [-0.39, 0.29) is 19.0 Å². The Hall–Kier alpha value is -2.94. The molecule has 2 aromatic carbocycles. The van der Waals surface area contributed by atoms with Gasteiger partial charge in [0.2, 0.25) is 0 Å². The summed E-state index contributed by atoms with van der Waals surface area (Å²) in [4.78, 5) is 2.16. The van der Waals surface area contributed by atoms with E-state index in [1.54, 1.807) is 12.1 Å². The number of rotatable bonds is 10. The minimum Gasteiger partial charge on any atom is -0.494 e. The topological polar surface area (TPSA) is 69.0 Å². The minimum atomic E-state index is -1.16. The maximum Gasteiger partial charge on any atom is 0.134 e. The summed E-state index contributed by atoms with van der Waals surface area (Å²) in [6.45, 7) is 8.04. The number of aliphatic hydroxyl groups is 1. The van der Waals surface area contributed by atoms with Crippen molar-refractivity contribution in [2.75, 3.05) is 39.5 Å². The maximum atomic E-state index is 13.1. The number of benzene rings is 2. The highest BCUT2D eigenvalue weighted by atomic mass is 19.1. The predicted molar refractivity (Wildman–Crippen MR) is 131 cm³/mol. The van der Waals surface area contributed by atoms with Crippen LogP contribution in [0.15, 0.2) is 54.6 Å².